The quantitative estimate of drug-likeness (QED) is 0.774. The van der Waals surface area contributed by atoms with Crippen LogP contribution in [0.5, 0.6) is 0 Å². The Labute approximate surface area is 89.4 Å². The van der Waals surface area contributed by atoms with E-state index in [1.165, 1.54) is 0 Å². The summed E-state index contributed by atoms with van der Waals surface area (Å²) in [6, 6.07) is 4.24. The van der Waals surface area contributed by atoms with E-state index in [4.69, 9.17) is 0 Å². The van der Waals surface area contributed by atoms with Gasteiger partial charge >= 0.3 is 0 Å². The van der Waals surface area contributed by atoms with Crippen LogP contribution in [0.4, 0.5) is 0 Å². The number of aromatic nitrogens is 2. The summed E-state index contributed by atoms with van der Waals surface area (Å²) in [6.07, 6.45) is 5.92. The monoisotopic (exact) mass is 202 g/mol. The number of hydrogen-bond acceptors (Lipinski definition) is 4. The Morgan fingerprint density at radius 3 is 2.60 bits per heavy atom. The van der Waals surface area contributed by atoms with Gasteiger partial charge in [-0.2, -0.15) is 5.26 Å². The Hall–Kier alpha value is -1.47. The molecular weight excluding hydrogens is 188 g/mol. The van der Waals surface area contributed by atoms with Crippen molar-refractivity contribution >= 4 is 0 Å². The van der Waals surface area contributed by atoms with E-state index >= 15 is 0 Å². The molecule has 15 heavy (non-hydrogen) atoms. The molecule has 1 aliphatic rings. The lowest BCUT2D eigenvalue weighted by Gasteiger charge is -2.30. The molecule has 2 rings (SSSR count). The van der Waals surface area contributed by atoms with Gasteiger partial charge in [0.1, 0.15) is 5.82 Å². The zero-order chi connectivity index (χ0) is 10.6. The summed E-state index contributed by atoms with van der Waals surface area (Å²) in [5.74, 6) is 0.779. The Kier molecular flexibility index (Phi) is 2.93. The van der Waals surface area contributed by atoms with E-state index in [1.807, 2.05) is 0 Å². The fourth-order valence-electron chi connectivity index (χ4n) is 1.96. The third kappa shape index (κ3) is 2.31. The molecule has 2 heterocycles. The molecule has 1 aromatic heterocycles. The van der Waals surface area contributed by atoms with Gasteiger partial charge in [0.15, 0.2) is 0 Å². The highest BCUT2D eigenvalue weighted by atomic mass is 14.9. The molecule has 78 valence electrons. The predicted molar refractivity (Wildman–Crippen MR) is 55.9 cm³/mol. The number of nitrogens with one attached hydrogen (secondary N) is 1. The zero-order valence-electron chi connectivity index (χ0n) is 8.61. The van der Waals surface area contributed by atoms with Crippen LogP contribution in [0.15, 0.2) is 18.5 Å². The minimum Gasteiger partial charge on any atom is -0.317 e. The van der Waals surface area contributed by atoms with E-state index in [0.29, 0.717) is 6.42 Å². The van der Waals surface area contributed by atoms with Crippen molar-refractivity contribution in [1.82, 2.24) is 15.3 Å². The lowest BCUT2D eigenvalue weighted by atomic mass is 9.77. The second-order valence-corrected chi connectivity index (χ2v) is 3.98. The summed E-state index contributed by atoms with van der Waals surface area (Å²) < 4.78 is 0. The van der Waals surface area contributed by atoms with Crippen LogP contribution in [0, 0.1) is 16.7 Å². The van der Waals surface area contributed by atoms with Gasteiger partial charge in [-0.05, 0) is 32.0 Å². The average Bonchev–Trinajstić information content (AvgIpc) is 2.32. The van der Waals surface area contributed by atoms with E-state index in [2.05, 4.69) is 21.4 Å². The van der Waals surface area contributed by atoms with Gasteiger partial charge in [-0.1, -0.05) is 0 Å². The van der Waals surface area contributed by atoms with Gasteiger partial charge in [-0.3, -0.25) is 0 Å². The molecule has 1 aliphatic heterocycles. The largest absolute Gasteiger partial charge is 0.317 e. The van der Waals surface area contributed by atoms with Crippen molar-refractivity contribution in [2.75, 3.05) is 13.1 Å². The third-order valence-electron chi connectivity index (χ3n) is 2.91. The highest BCUT2D eigenvalue weighted by Gasteiger charge is 2.33. The number of piperidine rings is 1. The number of nitriles is 1. The molecule has 0 radical (unpaired) electrons. The third-order valence-corrected chi connectivity index (χ3v) is 2.91. The van der Waals surface area contributed by atoms with Crippen LogP contribution >= 0.6 is 0 Å². The van der Waals surface area contributed by atoms with E-state index in [0.717, 1.165) is 31.8 Å². The van der Waals surface area contributed by atoms with Gasteiger partial charge in [-0.15, -0.1) is 0 Å². The summed E-state index contributed by atoms with van der Waals surface area (Å²) in [4.78, 5) is 8.37. The molecule has 4 heteroatoms. The highest BCUT2D eigenvalue weighted by molar-refractivity contribution is 5.07. The van der Waals surface area contributed by atoms with Crippen LogP contribution in [0.25, 0.3) is 0 Å². The number of hydrogen-bond donors (Lipinski definition) is 1. The first kappa shape index (κ1) is 10.1. The van der Waals surface area contributed by atoms with Gasteiger partial charge in [-0.25, -0.2) is 9.97 Å². The smallest absolute Gasteiger partial charge is 0.129 e. The van der Waals surface area contributed by atoms with Crippen LogP contribution in [0.3, 0.4) is 0 Å². The van der Waals surface area contributed by atoms with Crippen LogP contribution in [-0.4, -0.2) is 23.1 Å². The Balaban J connectivity index is 2.12. The van der Waals surface area contributed by atoms with E-state index in [9.17, 15) is 5.26 Å². The van der Waals surface area contributed by atoms with E-state index in [-0.39, 0.29) is 5.41 Å². The molecule has 1 fully saturated rings. The van der Waals surface area contributed by atoms with Crippen molar-refractivity contribution in [3.05, 3.63) is 24.3 Å². The fourth-order valence-corrected chi connectivity index (χ4v) is 1.96. The molecule has 0 spiro atoms. The molecule has 0 amide bonds. The van der Waals surface area contributed by atoms with Gasteiger partial charge in [0.25, 0.3) is 0 Å². The Morgan fingerprint density at radius 1 is 1.33 bits per heavy atom. The van der Waals surface area contributed by atoms with Crippen LogP contribution < -0.4 is 5.32 Å². The summed E-state index contributed by atoms with van der Waals surface area (Å²) >= 11 is 0. The van der Waals surface area contributed by atoms with Crippen molar-refractivity contribution in [2.45, 2.75) is 19.3 Å². The molecule has 0 unspecified atom stereocenters. The summed E-state index contributed by atoms with van der Waals surface area (Å²) in [7, 11) is 0. The highest BCUT2D eigenvalue weighted by Crippen LogP contribution is 2.30. The SMILES string of the molecule is N#CC1(Cc2ncccn2)CCNCC1. The Morgan fingerprint density at radius 2 is 2.00 bits per heavy atom. The first-order valence-electron chi connectivity index (χ1n) is 5.23. The molecule has 0 saturated carbocycles. The molecule has 0 atom stereocenters. The molecule has 1 N–H and O–H groups in total. The first-order valence-corrected chi connectivity index (χ1v) is 5.23. The second-order valence-electron chi connectivity index (χ2n) is 3.98. The first-order chi connectivity index (χ1) is 7.35. The van der Waals surface area contributed by atoms with Crippen LogP contribution in [0.2, 0.25) is 0 Å². The van der Waals surface area contributed by atoms with Crippen LogP contribution in [-0.2, 0) is 6.42 Å². The van der Waals surface area contributed by atoms with Gasteiger partial charge in [0.05, 0.1) is 11.5 Å². The number of nitrogens with zero attached hydrogens (tertiary/aromatic N) is 3. The maximum Gasteiger partial charge on any atom is 0.129 e. The predicted octanol–water partition coefficient (Wildman–Crippen LogP) is 0.912. The van der Waals surface area contributed by atoms with Crippen molar-refractivity contribution in [3.8, 4) is 6.07 Å². The number of rotatable bonds is 2. The summed E-state index contributed by atoms with van der Waals surface area (Å²) in [5, 5.41) is 12.5. The molecule has 0 bridgehead atoms. The van der Waals surface area contributed by atoms with E-state index in [1.54, 1.807) is 18.5 Å². The normalized spacial score (nSPS) is 19.4. The summed E-state index contributed by atoms with van der Waals surface area (Å²) in [6.45, 7) is 1.83. The van der Waals surface area contributed by atoms with Crippen molar-refractivity contribution in [3.63, 3.8) is 0 Å². The van der Waals surface area contributed by atoms with Gasteiger partial charge < -0.3 is 5.32 Å². The van der Waals surface area contributed by atoms with Crippen molar-refractivity contribution < 1.29 is 0 Å². The van der Waals surface area contributed by atoms with Gasteiger partial charge in [0.2, 0.25) is 0 Å². The van der Waals surface area contributed by atoms with Crippen LogP contribution in [0.1, 0.15) is 18.7 Å². The maximum atomic E-state index is 9.27. The molecule has 4 nitrogen and oxygen atoms in total. The lowest BCUT2D eigenvalue weighted by Crippen LogP contribution is -2.37. The maximum absolute atomic E-state index is 9.27. The van der Waals surface area contributed by atoms with Gasteiger partial charge in [0, 0.05) is 18.8 Å². The minimum absolute atomic E-state index is 0.257. The molecular formula is C11H14N4. The lowest BCUT2D eigenvalue weighted by molar-refractivity contribution is 0.275. The average molecular weight is 202 g/mol. The summed E-state index contributed by atoms with van der Waals surface area (Å²) in [5.41, 5.74) is -0.257. The molecule has 0 aromatic carbocycles. The molecule has 0 aliphatic carbocycles. The van der Waals surface area contributed by atoms with E-state index < -0.39 is 0 Å². The van der Waals surface area contributed by atoms with Crippen molar-refractivity contribution in [1.29, 1.82) is 5.26 Å². The Bertz CT molecular complexity index is 349. The zero-order valence-corrected chi connectivity index (χ0v) is 8.61. The second kappa shape index (κ2) is 4.37. The standard InChI is InChI=1S/C11H14N4/c12-9-11(2-6-13-7-3-11)8-10-14-4-1-5-15-10/h1,4-5,13H,2-3,6-8H2. The molecule has 1 aromatic rings. The van der Waals surface area contributed by atoms with Crippen molar-refractivity contribution in [2.24, 2.45) is 5.41 Å². The fraction of sp³-hybridized carbons (Fsp3) is 0.545. The minimum atomic E-state index is -0.257. The topological polar surface area (TPSA) is 61.6 Å². The molecule has 1 saturated heterocycles.